The van der Waals surface area contributed by atoms with Gasteiger partial charge < -0.3 is 9.64 Å². The highest BCUT2D eigenvalue weighted by molar-refractivity contribution is 6.30. The summed E-state index contributed by atoms with van der Waals surface area (Å²) in [6.45, 7) is 8.41. The number of benzene rings is 1. The fourth-order valence-electron chi connectivity index (χ4n) is 3.35. The summed E-state index contributed by atoms with van der Waals surface area (Å²) in [5, 5.41) is 0.705. The van der Waals surface area contributed by atoms with Crippen molar-refractivity contribution in [2.75, 3.05) is 12.0 Å². The first-order valence-electron chi connectivity index (χ1n) is 7.68. The summed E-state index contributed by atoms with van der Waals surface area (Å²) in [6.07, 6.45) is 3.86. The van der Waals surface area contributed by atoms with Crippen molar-refractivity contribution in [2.45, 2.75) is 52.1 Å². The first-order chi connectivity index (χ1) is 10.3. The minimum atomic E-state index is -0.297. The van der Waals surface area contributed by atoms with Crippen molar-refractivity contribution in [3.8, 4) is 0 Å². The molecule has 1 aliphatic heterocycles. The van der Waals surface area contributed by atoms with Gasteiger partial charge in [-0.05, 0) is 51.0 Å². The first kappa shape index (κ1) is 16.9. The Kier molecular flexibility index (Phi) is 4.86. The van der Waals surface area contributed by atoms with Crippen LogP contribution < -0.4 is 4.90 Å². The zero-order chi connectivity index (χ0) is 16.5. The SMILES string of the molecule is CCC[C@H](C(=O)OC)N1c2ccc(Cl)cc2C(C)=CC1(C)C. The minimum Gasteiger partial charge on any atom is -0.467 e. The highest BCUT2D eigenvalue weighted by Gasteiger charge is 2.39. The van der Waals surface area contributed by atoms with Crippen LogP contribution in [-0.2, 0) is 9.53 Å². The molecular formula is C18H24ClNO2. The summed E-state index contributed by atoms with van der Waals surface area (Å²) >= 11 is 6.15. The molecule has 0 bridgehead atoms. The molecule has 4 heteroatoms. The molecule has 0 saturated carbocycles. The summed E-state index contributed by atoms with van der Waals surface area (Å²) < 4.78 is 5.05. The number of anilines is 1. The van der Waals surface area contributed by atoms with Gasteiger partial charge in [0.15, 0.2) is 0 Å². The fraction of sp³-hybridized carbons (Fsp3) is 0.500. The molecule has 2 rings (SSSR count). The Hall–Kier alpha value is -1.48. The monoisotopic (exact) mass is 321 g/mol. The van der Waals surface area contributed by atoms with Gasteiger partial charge >= 0.3 is 5.97 Å². The second kappa shape index (κ2) is 6.33. The maximum atomic E-state index is 12.3. The second-order valence-electron chi connectivity index (χ2n) is 6.34. The van der Waals surface area contributed by atoms with Crippen LogP contribution in [0.4, 0.5) is 5.69 Å². The van der Waals surface area contributed by atoms with Crippen LogP contribution >= 0.6 is 11.6 Å². The molecule has 0 spiro atoms. The molecule has 0 aromatic heterocycles. The van der Waals surface area contributed by atoms with Crippen LogP contribution in [0.2, 0.25) is 5.02 Å². The van der Waals surface area contributed by atoms with E-state index < -0.39 is 0 Å². The maximum Gasteiger partial charge on any atom is 0.328 e. The van der Waals surface area contributed by atoms with Crippen molar-refractivity contribution < 1.29 is 9.53 Å². The van der Waals surface area contributed by atoms with Crippen LogP contribution in [0, 0.1) is 0 Å². The van der Waals surface area contributed by atoms with Gasteiger partial charge in [-0.2, -0.15) is 0 Å². The smallest absolute Gasteiger partial charge is 0.328 e. The molecule has 0 fully saturated rings. The summed E-state index contributed by atoms with van der Waals surface area (Å²) in [7, 11) is 1.45. The minimum absolute atomic E-state index is 0.191. The van der Waals surface area contributed by atoms with E-state index in [1.54, 1.807) is 0 Å². The van der Waals surface area contributed by atoms with Crippen molar-refractivity contribution in [3.63, 3.8) is 0 Å². The lowest BCUT2D eigenvalue weighted by atomic mass is 9.86. The van der Waals surface area contributed by atoms with Gasteiger partial charge in [0.05, 0.1) is 12.6 Å². The number of allylic oxidation sites excluding steroid dienone is 1. The lowest BCUT2D eigenvalue weighted by Gasteiger charge is -2.46. The van der Waals surface area contributed by atoms with E-state index in [1.807, 2.05) is 18.2 Å². The van der Waals surface area contributed by atoms with Gasteiger partial charge in [0.1, 0.15) is 6.04 Å². The van der Waals surface area contributed by atoms with Gasteiger partial charge in [0.2, 0.25) is 0 Å². The van der Waals surface area contributed by atoms with Crippen molar-refractivity contribution in [1.29, 1.82) is 0 Å². The summed E-state index contributed by atoms with van der Waals surface area (Å²) in [4.78, 5) is 14.5. The van der Waals surface area contributed by atoms with Gasteiger partial charge in [0, 0.05) is 16.3 Å². The van der Waals surface area contributed by atoms with E-state index >= 15 is 0 Å². The van der Waals surface area contributed by atoms with Gasteiger partial charge in [-0.3, -0.25) is 0 Å². The molecule has 0 aliphatic carbocycles. The van der Waals surface area contributed by atoms with Crippen molar-refractivity contribution in [2.24, 2.45) is 0 Å². The van der Waals surface area contributed by atoms with Gasteiger partial charge in [-0.1, -0.05) is 31.0 Å². The molecular weight excluding hydrogens is 298 g/mol. The number of hydrogen-bond acceptors (Lipinski definition) is 3. The molecule has 0 amide bonds. The summed E-state index contributed by atoms with van der Waals surface area (Å²) in [6, 6.07) is 5.55. The van der Waals surface area contributed by atoms with Crippen molar-refractivity contribution in [1.82, 2.24) is 0 Å². The fourth-order valence-corrected chi connectivity index (χ4v) is 3.53. The Morgan fingerprint density at radius 3 is 2.68 bits per heavy atom. The van der Waals surface area contributed by atoms with Crippen LogP contribution in [0.25, 0.3) is 5.57 Å². The Bertz CT molecular complexity index is 607. The van der Waals surface area contributed by atoms with Gasteiger partial charge in [0.25, 0.3) is 0 Å². The number of esters is 1. The third-order valence-corrected chi connectivity index (χ3v) is 4.42. The standard InChI is InChI=1S/C18H24ClNO2/c1-6-7-16(17(21)22-5)20-15-9-8-13(19)10-14(15)12(2)11-18(20,3)4/h8-11,16H,6-7H2,1-5H3/t16-/m1/s1. The number of carbonyl (C=O) groups excluding carboxylic acids is 1. The van der Waals surface area contributed by atoms with Gasteiger partial charge in [-0.15, -0.1) is 0 Å². The molecule has 1 heterocycles. The van der Waals surface area contributed by atoms with Crippen molar-refractivity contribution >= 4 is 28.8 Å². The Balaban J connectivity index is 2.60. The largest absolute Gasteiger partial charge is 0.467 e. The van der Waals surface area contributed by atoms with E-state index in [2.05, 4.69) is 38.7 Å². The number of rotatable bonds is 4. The molecule has 0 N–H and O–H groups in total. The molecule has 3 nitrogen and oxygen atoms in total. The molecule has 1 aromatic rings. The topological polar surface area (TPSA) is 29.5 Å². The third-order valence-electron chi connectivity index (χ3n) is 4.18. The van der Waals surface area contributed by atoms with E-state index in [-0.39, 0.29) is 17.6 Å². The predicted octanol–water partition coefficient (Wildman–Crippen LogP) is 4.68. The number of carbonyl (C=O) groups is 1. The maximum absolute atomic E-state index is 12.3. The molecule has 1 aliphatic rings. The molecule has 0 radical (unpaired) electrons. The van der Waals surface area contributed by atoms with Crippen LogP contribution in [0.15, 0.2) is 24.3 Å². The van der Waals surface area contributed by atoms with E-state index in [0.29, 0.717) is 5.02 Å². The molecule has 120 valence electrons. The lowest BCUT2D eigenvalue weighted by molar-refractivity contribution is -0.142. The van der Waals surface area contributed by atoms with E-state index in [4.69, 9.17) is 16.3 Å². The average molecular weight is 322 g/mol. The number of halogens is 1. The highest BCUT2D eigenvalue weighted by atomic mass is 35.5. The van der Waals surface area contributed by atoms with Crippen LogP contribution in [0.5, 0.6) is 0 Å². The molecule has 22 heavy (non-hydrogen) atoms. The third kappa shape index (κ3) is 3.00. The van der Waals surface area contributed by atoms with Crippen LogP contribution in [-0.4, -0.2) is 24.7 Å². The normalized spacial score (nSPS) is 17.5. The first-order valence-corrected chi connectivity index (χ1v) is 8.06. The predicted molar refractivity (Wildman–Crippen MR) is 92.4 cm³/mol. The number of methoxy groups -OCH3 is 1. The zero-order valence-corrected chi connectivity index (χ0v) is 14.7. The highest BCUT2D eigenvalue weighted by Crippen LogP contribution is 2.42. The van der Waals surface area contributed by atoms with E-state index in [9.17, 15) is 4.79 Å². The Morgan fingerprint density at radius 1 is 1.41 bits per heavy atom. The number of hydrogen-bond donors (Lipinski definition) is 0. The van der Waals surface area contributed by atoms with Crippen LogP contribution in [0.1, 0.15) is 46.1 Å². The number of nitrogens with zero attached hydrogens (tertiary/aromatic N) is 1. The number of fused-ring (bicyclic) bond motifs is 1. The average Bonchev–Trinajstić information content (AvgIpc) is 2.45. The van der Waals surface area contributed by atoms with Gasteiger partial charge in [-0.25, -0.2) is 4.79 Å². The zero-order valence-electron chi connectivity index (χ0n) is 13.9. The molecule has 1 aromatic carbocycles. The van der Waals surface area contributed by atoms with E-state index in [1.165, 1.54) is 12.7 Å². The molecule has 0 saturated heterocycles. The molecule has 0 unspecified atom stereocenters. The summed E-state index contributed by atoms with van der Waals surface area (Å²) in [5.41, 5.74) is 3.04. The van der Waals surface area contributed by atoms with Crippen molar-refractivity contribution in [3.05, 3.63) is 34.9 Å². The number of ether oxygens (including phenoxy) is 1. The Morgan fingerprint density at radius 2 is 2.09 bits per heavy atom. The second-order valence-corrected chi connectivity index (χ2v) is 6.78. The summed E-state index contributed by atoms with van der Waals surface area (Å²) in [5.74, 6) is -0.191. The van der Waals surface area contributed by atoms with E-state index in [0.717, 1.165) is 24.1 Å². The van der Waals surface area contributed by atoms with Crippen LogP contribution in [0.3, 0.4) is 0 Å². The quantitative estimate of drug-likeness (QED) is 0.754. The Labute approximate surface area is 137 Å². The molecule has 1 atom stereocenters. The lowest BCUT2D eigenvalue weighted by Crippen LogP contribution is -2.54.